The molecule has 0 fully saturated rings. The Labute approximate surface area is 213 Å². The van der Waals surface area contributed by atoms with Crippen molar-refractivity contribution in [1.82, 2.24) is 5.43 Å². The van der Waals surface area contributed by atoms with E-state index in [9.17, 15) is 9.18 Å². The van der Waals surface area contributed by atoms with Crippen molar-refractivity contribution in [2.24, 2.45) is 5.10 Å². The van der Waals surface area contributed by atoms with Gasteiger partial charge in [0.05, 0.1) is 14.3 Å². The molecule has 1 aromatic heterocycles. The van der Waals surface area contributed by atoms with E-state index < -0.39 is 5.91 Å². The minimum absolute atomic E-state index is 0.135. The van der Waals surface area contributed by atoms with Gasteiger partial charge in [0.15, 0.2) is 5.76 Å². The van der Waals surface area contributed by atoms with Gasteiger partial charge in [0, 0.05) is 15.4 Å². The van der Waals surface area contributed by atoms with Gasteiger partial charge in [-0.15, -0.1) is 0 Å². The van der Waals surface area contributed by atoms with Crippen molar-refractivity contribution in [1.29, 1.82) is 0 Å². The van der Waals surface area contributed by atoms with Crippen molar-refractivity contribution in [2.45, 2.75) is 6.61 Å². The maximum Gasteiger partial charge on any atom is 0.307 e. The summed E-state index contributed by atoms with van der Waals surface area (Å²) in [6.45, 7) is 0.135. The predicted molar refractivity (Wildman–Crippen MR) is 137 cm³/mol. The zero-order valence-electron chi connectivity index (χ0n) is 16.2. The third-order valence-electron chi connectivity index (χ3n) is 4.44. The van der Waals surface area contributed by atoms with E-state index in [4.69, 9.17) is 9.15 Å². The molecule has 4 aromatic rings. The molecular weight excluding hydrogens is 658 g/mol. The van der Waals surface area contributed by atoms with Crippen LogP contribution in [-0.4, -0.2) is 12.1 Å². The Bertz CT molecular complexity index is 1340. The van der Waals surface area contributed by atoms with Crippen molar-refractivity contribution in [3.63, 3.8) is 0 Å². The number of benzene rings is 3. The summed E-state index contributed by atoms with van der Waals surface area (Å²) in [5.74, 6) is 0.0305. The monoisotopic (exact) mass is 670 g/mol. The highest BCUT2D eigenvalue weighted by Gasteiger charge is 2.14. The second-order valence-corrected chi connectivity index (χ2v) is 9.62. The van der Waals surface area contributed by atoms with Crippen LogP contribution in [0.1, 0.15) is 21.7 Å². The Morgan fingerprint density at radius 3 is 2.75 bits per heavy atom. The molecule has 0 unspecified atom stereocenters. The molecule has 5 nitrogen and oxygen atoms in total. The summed E-state index contributed by atoms with van der Waals surface area (Å²) in [5, 5.41) is 4.80. The number of amides is 1. The summed E-state index contributed by atoms with van der Waals surface area (Å²) < 4.78 is 27.5. The fourth-order valence-corrected chi connectivity index (χ4v) is 4.93. The third kappa shape index (κ3) is 5.38. The van der Waals surface area contributed by atoms with E-state index in [0.29, 0.717) is 16.9 Å². The molecule has 0 saturated carbocycles. The van der Waals surface area contributed by atoms with Crippen LogP contribution >= 0.6 is 54.5 Å². The molecule has 1 amide bonds. The summed E-state index contributed by atoms with van der Waals surface area (Å²) in [6.07, 6.45) is 1.52. The molecule has 32 heavy (non-hydrogen) atoms. The minimum atomic E-state index is -0.458. The van der Waals surface area contributed by atoms with Gasteiger partial charge in [0.2, 0.25) is 0 Å². The molecule has 0 aliphatic carbocycles. The van der Waals surface area contributed by atoms with Crippen molar-refractivity contribution in [3.8, 4) is 5.75 Å². The van der Waals surface area contributed by atoms with Crippen LogP contribution in [0.5, 0.6) is 5.75 Å². The first kappa shape index (κ1) is 22.9. The molecule has 3 aromatic carbocycles. The smallest absolute Gasteiger partial charge is 0.307 e. The number of ether oxygens (including phenoxy) is 1. The van der Waals surface area contributed by atoms with Gasteiger partial charge in [-0.3, -0.25) is 4.79 Å². The molecule has 0 aliphatic heterocycles. The number of hydrazone groups is 1. The number of hydrogen-bond donors (Lipinski definition) is 1. The SMILES string of the molecule is O=C(N/N=C\c1ccc(OCc2ccccc2F)c(I)c1)c1cc2cc(Br)cc(Br)c2o1. The van der Waals surface area contributed by atoms with Crippen LogP contribution in [0.4, 0.5) is 4.39 Å². The van der Waals surface area contributed by atoms with Gasteiger partial charge in [-0.05, 0) is 86.5 Å². The maximum absolute atomic E-state index is 13.7. The van der Waals surface area contributed by atoms with Crippen LogP contribution in [0, 0.1) is 9.39 Å². The summed E-state index contributed by atoms with van der Waals surface area (Å²) >= 11 is 8.96. The summed E-state index contributed by atoms with van der Waals surface area (Å²) in [6, 6.07) is 17.3. The predicted octanol–water partition coefficient (Wildman–Crippen LogP) is 7.04. The van der Waals surface area contributed by atoms with Crippen molar-refractivity contribution < 1.29 is 18.3 Å². The number of rotatable bonds is 6. The number of carbonyl (C=O) groups is 1. The first-order valence-electron chi connectivity index (χ1n) is 9.28. The molecule has 9 heteroatoms. The van der Waals surface area contributed by atoms with Crippen LogP contribution in [0.3, 0.4) is 0 Å². The first-order chi connectivity index (χ1) is 15.4. The molecule has 1 N–H and O–H groups in total. The lowest BCUT2D eigenvalue weighted by Crippen LogP contribution is -2.16. The van der Waals surface area contributed by atoms with Crippen LogP contribution < -0.4 is 10.2 Å². The van der Waals surface area contributed by atoms with Crippen molar-refractivity contribution in [3.05, 3.63) is 95.9 Å². The largest absolute Gasteiger partial charge is 0.488 e. The molecule has 0 saturated heterocycles. The molecule has 0 spiro atoms. The number of halogens is 4. The maximum atomic E-state index is 13.7. The van der Waals surface area contributed by atoms with Crippen molar-refractivity contribution >= 4 is 77.5 Å². The highest BCUT2D eigenvalue weighted by atomic mass is 127. The second kappa shape index (κ2) is 10.1. The highest BCUT2D eigenvalue weighted by molar-refractivity contribution is 14.1. The zero-order valence-corrected chi connectivity index (χ0v) is 21.6. The van der Waals surface area contributed by atoms with Crippen LogP contribution in [0.2, 0.25) is 0 Å². The first-order valence-corrected chi connectivity index (χ1v) is 11.9. The van der Waals surface area contributed by atoms with E-state index in [1.807, 2.05) is 18.2 Å². The van der Waals surface area contributed by atoms with Gasteiger partial charge >= 0.3 is 5.91 Å². The normalized spacial score (nSPS) is 11.2. The topological polar surface area (TPSA) is 63.8 Å². The number of nitrogens with one attached hydrogen (secondary N) is 1. The van der Waals surface area contributed by atoms with Crippen LogP contribution in [0.15, 0.2) is 79.1 Å². The molecule has 0 atom stereocenters. The lowest BCUT2D eigenvalue weighted by molar-refractivity contribution is 0.0929. The highest BCUT2D eigenvalue weighted by Crippen LogP contribution is 2.31. The Morgan fingerprint density at radius 2 is 1.97 bits per heavy atom. The Kier molecular flexibility index (Phi) is 7.27. The van der Waals surface area contributed by atoms with Gasteiger partial charge in [-0.25, -0.2) is 9.82 Å². The van der Waals surface area contributed by atoms with Gasteiger partial charge < -0.3 is 9.15 Å². The van der Waals surface area contributed by atoms with E-state index in [0.717, 1.165) is 23.5 Å². The number of carbonyl (C=O) groups excluding carboxylic acids is 1. The van der Waals surface area contributed by atoms with E-state index in [1.165, 1.54) is 12.3 Å². The molecular formula is C23H14Br2FIN2O3. The summed E-state index contributed by atoms with van der Waals surface area (Å²) in [7, 11) is 0. The van der Waals surface area contributed by atoms with Gasteiger partial charge in [-0.1, -0.05) is 34.1 Å². The number of fused-ring (bicyclic) bond motifs is 1. The summed E-state index contributed by atoms with van der Waals surface area (Å²) in [4.78, 5) is 12.4. The van der Waals surface area contributed by atoms with E-state index in [1.54, 1.807) is 36.4 Å². The van der Waals surface area contributed by atoms with Gasteiger partial charge in [-0.2, -0.15) is 5.10 Å². The zero-order chi connectivity index (χ0) is 22.7. The molecule has 0 bridgehead atoms. The minimum Gasteiger partial charge on any atom is -0.488 e. The van der Waals surface area contributed by atoms with E-state index in [2.05, 4.69) is 65.0 Å². The molecule has 0 radical (unpaired) electrons. The van der Waals surface area contributed by atoms with Crippen LogP contribution in [0.25, 0.3) is 11.0 Å². The van der Waals surface area contributed by atoms with E-state index in [-0.39, 0.29) is 18.2 Å². The lowest BCUT2D eigenvalue weighted by atomic mass is 10.2. The molecule has 162 valence electrons. The average Bonchev–Trinajstić information content (AvgIpc) is 3.19. The van der Waals surface area contributed by atoms with E-state index >= 15 is 0 Å². The fourth-order valence-electron chi connectivity index (χ4n) is 2.89. The Morgan fingerprint density at radius 1 is 1.16 bits per heavy atom. The molecule has 1 heterocycles. The molecule has 0 aliphatic rings. The third-order valence-corrected chi connectivity index (χ3v) is 6.33. The standard InChI is InChI=1S/C23H14Br2FIN2O3/c24-16-8-15-9-21(32-22(15)17(25)10-16)23(30)29-28-11-13-5-6-20(19(27)7-13)31-12-14-3-1-2-4-18(14)26/h1-11H,12H2,(H,29,30)/b28-11-. The average molecular weight is 672 g/mol. The molecule has 4 rings (SSSR count). The van der Waals surface area contributed by atoms with Crippen LogP contribution in [-0.2, 0) is 6.61 Å². The summed E-state index contributed by atoms with van der Waals surface area (Å²) in [5.41, 5.74) is 4.31. The fraction of sp³-hybridized carbons (Fsp3) is 0.0435. The lowest BCUT2D eigenvalue weighted by Gasteiger charge is -2.09. The van der Waals surface area contributed by atoms with Gasteiger partial charge in [0.1, 0.15) is 23.8 Å². The number of hydrogen-bond acceptors (Lipinski definition) is 4. The quantitative estimate of drug-likeness (QED) is 0.136. The number of furan rings is 1. The number of nitrogens with zero attached hydrogens (tertiary/aromatic N) is 1. The second-order valence-electron chi connectivity index (χ2n) is 6.69. The Hall–Kier alpha value is -2.24. The van der Waals surface area contributed by atoms with Crippen molar-refractivity contribution in [2.75, 3.05) is 0 Å². The van der Waals surface area contributed by atoms with Gasteiger partial charge in [0.25, 0.3) is 0 Å². The Balaban J connectivity index is 1.39.